The highest BCUT2D eigenvalue weighted by Crippen LogP contribution is 2.28. The maximum Gasteiger partial charge on any atom is 0.260 e. The van der Waals surface area contributed by atoms with Gasteiger partial charge in [0.15, 0.2) is 10.8 Å². The van der Waals surface area contributed by atoms with Crippen LogP contribution in [-0.2, 0) is 21.9 Å². The average Bonchev–Trinajstić information content (AvgIpc) is 3.11. The van der Waals surface area contributed by atoms with Crippen LogP contribution in [0.15, 0.2) is 11.4 Å². The van der Waals surface area contributed by atoms with Gasteiger partial charge in [0.1, 0.15) is 0 Å². The predicted octanol–water partition coefficient (Wildman–Crippen LogP) is -1.19. The topological polar surface area (TPSA) is 119 Å². The molecule has 2 rings (SSSR count). The number of nitrogens with one attached hydrogen (secondary N) is 2. The molecule has 0 atom stereocenters. The summed E-state index contributed by atoms with van der Waals surface area (Å²) in [6, 6.07) is 0. The standard InChI is InChI=1S/C10H17N5O3S/c1-15-6-13-8(11)10(15)19(17,18)14-5-4-12-9(16)7-2-3-7/h6-7,14H,2-5,11H2,1H3,(H,12,16). The third-order valence-corrected chi connectivity index (χ3v) is 4.42. The monoisotopic (exact) mass is 287 g/mol. The van der Waals surface area contributed by atoms with Gasteiger partial charge in [-0.3, -0.25) is 4.79 Å². The summed E-state index contributed by atoms with van der Waals surface area (Å²) in [6.45, 7) is 0.373. The van der Waals surface area contributed by atoms with Gasteiger partial charge in [0.05, 0.1) is 6.33 Å². The molecule has 0 unspecified atom stereocenters. The van der Waals surface area contributed by atoms with E-state index >= 15 is 0 Å². The predicted molar refractivity (Wildman–Crippen MR) is 68.5 cm³/mol. The van der Waals surface area contributed by atoms with Crippen LogP contribution in [0.25, 0.3) is 0 Å². The number of nitrogen functional groups attached to an aromatic ring is 1. The number of carbonyl (C=O) groups is 1. The Morgan fingerprint density at radius 2 is 2.21 bits per heavy atom. The van der Waals surface area contributed by atoms with Gasteiger partial charge in [0.25, 0.3) is 10.0 Å². The molecule has 1 aliphatic carbocycles. The first-order chi connectivity index (χ1) is 8.92. The minimum absolute atomic E-state index is 0.0146. The van der Waals surface area contributed by atoms with Crippen molar-refractivity contribution in [2.75, 3.05) is 18.8 Å². The lowest BCUT2D eigenvalue weighted by molar-refractivity contribution is -0.122. The molecule has 0 radical (unpaired) electrons. The highest BCUT2D eigenvalue weighted by atomic mass is 32.2. The number of sulfonamides is 1. The van der Waals surface area contributed by atoms with E-state index in [1.807, 2.05) is 0 Å². The van der Waals surface area contributed by atoms with Crippen LogP contribution in [0, 0.1) is 5.92 Å². The molecule has 1 fully saturated rings. The number of imidazole rings is 1. The summed E-state index contributed by atoms with van der Waals surface area (Å²) in [5.74, 6) is 0.0561. The average molecular weight is 287 g/mol. The van der Waals surface area contributed by atoms with E-state index < -0.39 is 10.0 Å². The van der Waals surface area contributed by atoms with Crippen LogP contribution in [0.5, 0.6) is 0 Å². The minimum Gasteiger partial charge on any atom is -0.381 e. The fraction of sp³-hybridized carbons (Fsp3) is 0.600. The molecule has 1 aliphatic rings. The number of aromatic nitrogens is 2. The van der Waals surface area contributed by atoms with Crippen LogP contribution in [-0.4, -0.2) is 37.0 Å². The van der Waals surface area contributed by atoms with Gasteiger partial charge >= 0.3 is 0 Å². The SMILES string of the molecule is Cn1cnc(N)c1S(=O)(=O)NCCNC(=O)C1CC1. The van der Waals surface area contributed by atoms with Crippen molar-refractivity contribution in [1.29, 1.82) is 0 Å². The zero-order valence-electron chi connectivity index (χ0n) is 10.6. The van der Waals surface area contributed by atoms with Crippen molar-refractivity contribution in [3.05, 3.63) is 6.33 Å². The number of nitrogens with zero attached hydrogens (tertiary/aromatic N) is 2. The zero-order chi connectivity index (χ0) is 14.0. The number of anilines is 1. The van der Waals surface area contributed by atoms with Crippen LogP contribution in [0.3, 0.4) is 0 Å². The Balaban J connectivity index is 1.86. The van der Waals surface area contributed by atoms with Gasteiger partial charge in [0.2, 0.25) is 5.91 Å². The second kappa shape index (κ2) is 5.17. The van der Waals surface area contributed by atoms with Crippen LogP contribution in [0.1, 0.15) is 12.8 Å². The lowest BCUT2D eigenvalue weighted by Gasteiger charge is -2.08. The molecule has 1 aromatic heterocycles. The molecule has 4 N–H and O–H groups in total. The fourth-order valence-corrected chi connectivity index (χ4v) is 2.96. The summed E-state index contributed by atoms with van der Waals surface area (Å²) >= 11 is 0. The van der Waals surface area contributed by atoms with E-state index in [1.54, 1.807) is 7.05 Å². The Labute approximate surface area is 111 Å². The molecule has 0 saturated heterocycles. The smallest absolute Gasteiger partial charge is 0.260 e. The summed E-state index contributed by atoms with van der Waals surface area (Å²) < 4.78 is 27.6. The van der Waals surface area contributed by atoms with Gasteiger partial charge < -0.3 is 15.6 Å². The number of hydrogen-bond acceptors (Lipinski definition) is 5. The van der Waals surface area contributed by atoms with Crippen LogP contribution in [0.4, 0.5) is 5.82 Å². The van der Waals surface area contributed by atoms with E-state index in [4.69, 9.17) is 5.73 Å². The Morgan fingerprint density at radius 3 is 2.74 bits per heavy atom. The summed E-state index contributed by atoms with van der Waals surface area (Å²) in [5.41, 5.74) is 5.51. The van der Waals surface area contributed by atoms with E-state index in [1.165, 1.54) is 10.9 Å². The maximum atomic E-state index is 12.0. The third-order valence-electron chi connectivity index (χ3n) is 2.83. The van der Waals surface area contributed by atoms with Crippen molar-refractivity contribution in [3.63, 3.8) is 0 Å². The van der Waals surface area contributed by atoms with Crippen molar-refractivity contribution in [3.8, 4) is 0 Å². The molecular weight excluding hydrogens is 270 g/mol. The lowest BCUT2D eigenvalue weighted by Crippen LogP contribution is -2.36. The first kappa shape index (κ1) is 13.8. The van der Waals surface area contributed by atoms with Crippen molar-refractivity contribution in [2.24, 2.45) is 13.0 Å². The first-order valence-corrected chi connectivity index (χ1v) is 7.44. The molecule has 1 saturated carbocycles. The summed E-state index contributed by atoms with van der Waals surface area (Å²) in [7, 11) is -2.16. The van der Waals surface area contributed by atoms with Crippen molar-refractivity contribution in [1.82, 2.24) is 19.6 Å². The number of carbonyl (C=O) groups excluding carboxylic acids is 1. The second-order valence-electron chi connectivity index (χ2n) is 4.51. The number of amides is 1. The van der Waals surface area contributed by atoms with Crippen molar-refractivity contribution < 1.29 is 13.2 Å². The summed E-state index contributed by atoms with van der Waals surface area (Å²) in [6.07, 6.45) is 3.17. The highest BCUT2D eigenvalue weighted by molar-refractivity contribution is 7.89. The van der Waals surface area contributed by atoms with Crippen molar-refractivity contribution >= 4 is 21.7 Å². The summed E-state index contributed by atoms with van der Waals surface area (Å²) in [4.78, 5) is 15.1. The fourth-order valence-electron chi connectivity index (χ4n) is 1.69. The molecular formula is C10H17N5O3S. The Morgan fingerprint density at radius 1 is 1.53 bits per heavy atom. The molecule has 106 valence electrons. The molecule has 9 heteroatoms. The van der Waals surface area contributed by atoms with E-state index in [9.17, 15) is 13.2 Å². The number of nitrogens with two attached hydrogens (primary N) is 1. The van der Waals surface area contributed by atoms with Gasteiger partial charge in [-0.25, -0.2) is 18.1 Å². The molecule has 0 aromatic carbocycles. The largest absolute Gasteiger partial charge is 0.381 e. The van der Waals surface area contributed by atoms with E-state index in [0.29, 0.717) is 0 Å². The van der Waals surface area contributed by atoms with E-state index in [2.05, 4.69) is 15.0 Å². The molecule has 1 heterocycles. The van der Waals surface area contributed by atoms with Gasteiger partial charge in [0, 0.05) is 26.1 Å². The molecule has 19 heavy (non-hydrogen) atoms. The quantitative estimate of drug-likeness (QED) is 0.568. The summed E-state index contributed by atoms with van der Waals surface area (Å²) in [5, 5.41) is 2.60. The van der Waals surface area contributed by atoms with E-state index in [-0.39, 0.29) is 35.8 Å². The number of rotatable bonds is 6. The normalized spacial score (nSPS) is 15.4. The number of aryl methyl sites for hydroxylation is 1. The highest BCUT2D eigenvalue weighted by Gasteiger charge is 2.29. The van der Waals surface area contributed by atoms with Gasteiger partial charge in [-0.1, -0.05) is 0 Å². The van der Waals surface area contributed by atoms with Gasteiger partial charge in [-0.05, 0) is 12.8 Å². The van der Waals surface area contributed by atoms with Crippen LogP contribution < -0.4 is 15.8 Å². The Kier molecular flexibility index (Phi) is 3.76. The molecule has 0 bridgehead atoms. The second-order valence-corrected chi connectivity index (χ2v) is 6.19. The Hall–Kier alpha value is -1.61. The Bertz CT molecular complexity index is 556. The zero-order valence-corrected chi connectivity index (χ0v) is 11.4. The maximum absolute atomic E-state index is 12.0. The van der Waals surface area contributed by atoms with Crippen LogP contribution in [0.2, 0.25) is 0 Å². The molecule has 1 amide bonds. The first-order valence-electron chi connectivity index (χ1n) is 5.96. The van der Waals surface area contributed by atoms with Gasteiger partial charge in [-0.15, -0.1) is 0 Å². The lowest BCUT2D eigenvalue weighted by atomic mass is 10.4. The van der Waals surface area contributed by atoms with Crippen molar-refractivity contribution in [2.45, 2.75) is 17.9 Å². The van der Waals surface area contributed by atoms with E-state index in [0.717, 1.165) is 12.8 Å². The molecule has 0 aliphatic heterocycles. The van der Waals surface area contributed by atoms with Gasteiger partial charge in [-0.2, -0.15) is 0 Å². The van der Waals surface area contributed by atoms with Crippen LogP contribution >= 0.6 is 0 Å². The third kappa shape index (κ3) is 3.24. The molecule has 8 nitrogen and oxygen atoms in total. The minimum atomic E-state index is -3.71. The number of hydrogen-bond donors (Lipinski definition) is 3. The molecule has 1 aromatic rings. The molecule has 0 spiro atoms.